The molecule has 0 unspecified atom stereocenters. The minimum absolute atomic E-state index is 0.180. The van der Waals surface area contributed by atoms with Crippen molar-refractivity contribution in [3.63, 3.8) is 0 Å². The van der Waals surface area contributed by atoms with Gasteiger partial charge in [-0.2, -0.15) is 13.2 Å². The lowest BCUT2D eigenvalue weighted by molar-refractivity contribution is -0.137. The number of halogens is 3. The molecule has 3 N–H and O–H groups in total. The first-order valence-corrected chi connectivity index (χ1v) is 6.70. The number of nitrogens with zero attached hydrogens (tertiary/aromatic N) is 1. The molecule has 2 amide bonds. The topological polar surface area (TPSA) is 66.6 Å². The lowest BCUT2D eigenvalue weighted by Crippen LogP contribution is -2.35. The summed E-state index contributed by atoms with van der Waals surface area (Å²) in [5, 5.41) is 9.61. The van der Waals surface area contributed by atoms with Crippen molar-refractivity contribution in [3.05, 3.63) is 35.4 Å². The van der Waals surface area contributed by atoms with Crippen LogP contribution in [0.5, 0.6) is 0 Å². The summed E-state index contributed by atoms with van der Waals surface area (Å²) in [5.74, 6) is 0.601. The molecule has 1 aliphatic carbocycles. The van der Waals surface area contributed by atoms with Crippen LogP contribution in [-0.4, -0.2) is 22.8 Å². The molecule has 1 aliphatic rings. The van der Waals surface area contributed by atoms with Crippen LogP contribution in [0.25, 0.3) is 0 Å². The number of carbonyl (C=O) groups excluding carboxylic acids is 1. The van der Waals surface area contributed by atoms with Gasteiger partial charge in [0.05, 0.1) is 12.1 Å². The van der Waals surface area contributed by atoms with Crippen molar-refractivity contribution in [2.24, 2.45) is 11.7 Å². The average Bonchev–Trinajstić information content (AvgIpc) is 2.36. The summed E-state index contributed by atoms with van der Waals surface area (Å²) in [7, 11) is 0. The summed E-state index contributed by atoms with van der Waals surface area (Å²) in [4.78, 5) is 10.6. The van der Waals surface area contributed by atoms with Crippen LogP contribution in [0.3, 0.4) is 0 Å². The van der Waals surface area contributed by atoms with Crippen LogP contribution in [0.1, 0.15) is 36.3 Å². The predicted octanol–water partition coefficient (Wildman–Crippen LogP) is 3.36. The van der Waals surface area contributed by atoms with Crippen LogP contribution in [0.4, 0.5) is 18.0 Å². The van der Waals surface area contributed by atoms with E-state index in [1.807, 2.05) is 0 Å². The Hall–Kier alpha value is -1.76. The molecule has 21 heavy (non-hydrogen) atoms. The fourth-order valence-electron chi connectivity index (χ4n) is 2.60. The number of nitrogens with two attached hydrogens (primary N) is 1. The van der Waals surface area contributed by atoms with Crippen LogP contribution in [-0.2, 0) is 6.18 Å². The van der Waals surface area contributed by atoms with Gasteiger partial charge >= 0.3 is 12.2 Å². The van der Waals surface area contributed by atoms with Gasteiger partial charge in [-0.25, -0.2) is 9.86 Å². The number of carbonyl (C=O) groups is 1. The minimum atomic E-state index is -4.31. The van der Waals surface area contributed by atoms with Gasteiger partial charge in [0.2, 0.25) is 0 Å². The SMILES string of the molecule is NC(=O)N(O)CCC1CC(c2ccc(C(F)(F)F)cc2)C1. The van der Waals surface area contributed by atoms with Crippen molar-refractivity contribution in [1.29, 1.82) is 0 Å². The van der Waals surface area contributed by atoms with Gasteiger partial charge in [0, 0.05) is 0 Å². The number of amides is 2. The Labute approximate surface area is 120 Å². The van der Waals surface area contributed by atoms with Gasteiger partial charge in [0.1, 0.15) is 0 Å². The maximum absolute atomic E-state index is 12.5. The molecule has 0 aliphatic heterocycles. The molecule has 0 bridgehead atoms. The number of alkyl halides is 3. The smallest absolute Gasteiger partial charge is 0.350 e. The zero-order chi connectivity index (χ0) is 15.6. The molecule has 7 heteroatoms. The van der Waals surface area contributed by atoms with E-state index in [2.05, 4.69) is 0 Å². The summed E-state index contributed by atoms with van der Waals surface area (Å²) >= 11 is 0. The van der Waals surface area contributed by atoms with Gasteiger partial charge in [-0.05, 0) is 48.8 Å². The Kier molecular flexibility index (Phi) is 4.41. The second-order valence-corrected chi connectivity index (χ2v) is 5.40. The van der Waals surface area contributed by atoms with Crippen molar-refractivity contribution in [2.75, 3.05) is 6.54 Å². The first kappa shape index (κ1) is 15.6. The van der Waals surface area contributed by atoms with Crippen LogP contribution >= 0.6 is 0 Å². The average molecular weight is 302 g/mol. The van der Waals surface area contributed by atoms with Crippen molar-refractivity contribution in [2.45, 2.75) is 31.4 Å². The zero-order valence-corrected chi connectivity index (χ0v) is 11.3. The third kappa shape index (κ3) is 3.87. The molecule has 0 radical (unpaired) electrons. The van der Waals surface area contributed by atoms with E-state index in [0.29, 0.717) is 17.4 Å². The Morgan fingerprint density at radius 1 is 1.29 bits per heavy atom. The standard InChI is InChI=1S/C14H17F3N2O2/c15-14(16,17)12-3-1-10(2-4-12)11-7-9(8-11)5-6-19(21)13(18)20/h1-4,9,11,21H,5-8H2,(H2,18,20). The second-order valence-electron chi connectivity index (χ2n) is 5.40. The van der Waals surface area contributed by atoms with Gasteiger partial charge in [-0.15, -0.1) is 0 Å². The highest BCUT2D eigenvalue weighted by molar-refractivity contribution is 5.70. The number of hydrogen-bond acceptors (Lipinski definition) is 2. The molecule has 0 atom stereocenters. The predicted molar refractivity (Wildman–Crippen MR) is 69.6 cm³/mol. The fraction of sp³-hybridized carbons (Fsp3) is 0.500. The molecule has 0 heterocycles. The van der Waals surface area contributed by atoms with Gasteiger partial charge < -0.3 is 5.73 Å². The Balaban J connectivity index is 1.80. The van der Waals surface area contributed by atoms with Gasteiger partial charge in [-0.1, -0.05) is 12.1 Å². The Morgan fingerprint density at radius 2 is 1.86 bits per heavy atom. The molecule has 1 fully saturated rings. The minimum Gasteiger partial charge on any atom is -0.350 e. The van der Waals surface area contributed by atoms with Gasteiger partial charge in [0.25, 0.3) is 0 Å². The maximum atomic E-state index is 12.5. The molecule has 1 aromatic rings. The monoisotopic (exact) mass is 302 g/mol. The second kappa shape index (κ2) is 5.93. The maximum Gasteiger partial charge on any atom is 0.416 e. The fourth-order valence-corrected chi connectivity index (χ4v) is 2.60. The first-order chi connectivity index (χ1) is 9.77. The quantitative estimate of drug-likeness (QED) is 0.661. The van der Waals surface area contributed by atoms with Gasteiger partial charge in [0.15, 0.2) is 0 Å². The number of hydrogen-bond donors (Lipinski definition) is 2. The van der Waals surface area contributed by atoms with E-state index >= 15 is 0 Å². The number of hydroxylamine groups is 2. The highest BCUT2D eigenvalue weighted by atomic mass is 19.4. The summed E-state index contributed by atoms with van der Waals surface area (Å²) in [6.45, 7) is 0.180. The van der Waals surface area contributed by atoms with Crippen molar-refractivity contribution in [1.82, 2.24) is 5.06 Å². The Morgan fingerprint density at radius 3 is 2.33 bits per heavy atom. The highest BCUT2D eigenvalue weighted by Crippen LogP contribution is 2.43. The summed E-state index contributed by atoms with van der Waals surface area (Å²) in [6.07, 6.45) is -1.98. The molecule has 116 valence electrons. The van der Waals surface area contributed by atoms with E-state index in [0.717, 1.165) is 30.5 Å². The third-order valence-corrected chi connectivity index (χ3v) is 3.95. The number of rotatable bonds is 4. The summed E-state index contributed by atoms with van der Waals surface area (Å²) in [5.41, 5.74) is 5.15. The van der Waals surface area contributed by atoms with E-state index in [4.69, 9.17) is 10.9 Å². The van der Waals surface area contributed by atoms with Crippen molar-refractivity contribution >= 4 is 6.03 Å². The molecular weight excluding hydrogens is 285 g/mol. The first-order valence-electron chi connectivity index (χ1n) is 6.70. The normalized spacial score (nSPS) is 21.7. The molecular formula is C14H17F3N2O2. The van der Waals surface area contributed by atoms with Gasteiger partial charge in [-0.3, -0.25) is 5.21 Å². The van der Waals surface area contributed by atoms with Crippen LogP contribution in [0.2, 0.25) is 0 Å². The Bertz CT molecular complexity index is 496. The molecule has 2 rings (SSSR count). The highest BCUT2D eigenvalue weighted by Gasteiger charge is 2.33. The number of primary amides is 1. The third-order valence-electron chi connectivity index (χ3n) is 3.95. The van der Waals surface area contributed by atoms with E-state index in [9.17, 15) is 18.0 Å². The van der Waals surface area contributed by atoms with Crippen LogP contribution < -0.4 is 5.73 Å². The van der Waals surface area contributed by atoms with Crippen molar-refractivity contribution < 1.29 is 23.2 Å². The zero-order valence-electron chi connectivity index (χ0n) is 11.3. The van der Waals surface area contributed by atoms with E-state index in [1.54, 1.807) is 0 Å². The molecule has 0 spiro atoms. The van der Waals surface area contributed by atoms with E-state index in [1.165, 1.54) is 12.1 Å². The van der Waals surface area contributed by atoms with Crippen LogP contribution in [0, 0.1) is 5.92 Å². The molecule has 1 aromatic carbocycles. The number of urea groups is 1. The van der Waals surface area contributed by atoms with Crippen LogP contribution in [0.15, 0.2) is 24.3 Å². The summed E-state index contributed by atoms with van der Waals surface area (Å²) < 4.78 is 37.4. The molecule has 1 saturated carbocycles. The number of benzene rings is 1. The molecule has 4 nitrogen and oxygen atoms in total. The molecule has 0 saturated heterocycles. The molecule has 0 aromatic heterocycles. The van der Waals surface area contributed by atoms with Crippen molar-refractivity contribution in [3.8, 4) is 0 Å². The van der Waals surface area contributed by atoms with E-state index < -0.39 is 17.8 Å². The van der Waals surface area contributed by atoms with E-state index in [-0.39, 0.29) is 12.5 Å². The summed E-state index contributed by atoms with van der Waals surface area (Å²) in [6, 6.07) is 4.36. The lowest BCUT2D eigenvalue weighted by atomic mass is 9.70. The largest absolute Gasteiger partial charge is 0.416 e. The lowest BCUT2D eigenvalue weighted by Gasteiger charge is -2.36.